The summed E-state index contributed by atoms with van der Waals surface area (Å²) in [5.74, 6) is 3.60. The highest BCUT2D eigenvalue weighted by atomic mass is 16.5. The molecule has 3 rings (SSSR count). The summed E-state index contributed by atoms with van der Waals surface area (Å²) in [6.07, 6.45) is 3.10. The zero-order chi connectivity index (χ0) is 15.0. The molecule has 0 saturated carbocycles. The van der Waals surface area contributed by atoms with Crippen LogP contribution in [0.4, 0.5) is 5.82 Å². The monoisotopic (exact) mass is 286 g/mol. The first-order chi connectivity index (χ1) is 10.0. The molecule has 1 aliphatic rings. The Labute approximate surface area is 125 Å². The summed E-state index contributed by atoms with van der Waals surface area (Å²) in [5, 5.41) is 3.90. The molecule has 1 saturated heterocycles. The van der Waals surface area contributed by atoms with E-state index >= 15 is 0 Å². The number of piperidine rings is 1. The summed E-state index contributed by atoms with van der Waals surface area (Å²) in [5.41, 5.74) is 2.04. The average Bonchev–Trinajstić information content (AvgIpc) is 2.88. The first-order valence-electron chi connectivity index (χ1n) is 7.57. The maximum atomic E-state index is 5.36. The molecule has 2 unspecified atom stereocenters. The molecule has 5 nitrogen and oxygen atoms in total. The van der Waals surface area contributed by atoms with Crippen molar-refractivity contribution in [3.05, 3.63) is 23.7 Å². The number of nitrogens with zero attached hydrogens (tertiary/aromatic N) is 4. The van der Waals surface area contributed by atoms with E-state index in [-0.39, 0.29) is 0 Å². The van der Waals surface area contributed by atoms with E-state index in [1.165, 1.54) is 6.42 Å². The van der Waals surface area contributed by atoms with Gasteiger partial charge in [-0.05, 0) is 43.7 Å². The predicted molar refractivity (Wildman–Crippen MR) is 82.2 cm³/mol. The Bertz CT molecular complexity index is 637. The molecule has 5 heteroatoms. The molecule has 0 aromatic carbocycles. The second kappa shape index (κ2) is 5.47. The van der Waals surface area contributed by atoms with Crippen LogP contribution in [0.15, 0.2) is 16.8 Å². The van der Waals surface area contributed by atoms with Crippen molar-refractivity contribution in [1.29, 1.82) is 0 Å². The molecule has 1 fully saturated rings. The molecule has 3 heterocycles. The maximum Gasteiger partial charge on any atom is 0.261 e. The molecule has 2 aromatic heterocycles. The summed E-state index contributed by atoms with van der Waals surface area (Å²) in [7, 11) is 0. The quantitative estimate of drug-likeness (QED) is 0.848. The van der Waals surface area contributed by atoms with Crippen LogP contribution < -0.4 is 4.90 Å². The molecule has 2 atom stereocenters. The fourth-order valence-corrected chi connectivity index (χ4v) is 2.83. The van der Waals surface area contributed by atoms with Crippen LogP contribution in [0.25, 0.3) is 11.5 Å². The van der Waals surface area contributed by atoms with E-state index in [1.807, 2.05) is 20.0 Å². The van der Waals surface area contributed by atoms with Crippen molar-refractivity contribution in [2.45, 2.75) is 34.1 Å². The van der Waals surface area contributed by atoms with E-state index in [4.69, 9.17) is 4.52 Å². The molecular weight excluding hydrogens is 264 g/mol. The Morgan fingerprint density at radius 3 is 2.71 bits per heavy atom. The van der Waals surface area contributed by atoms with Crippen molar-refractivity contribution in [3.63, 3.8) is 0 Å². The van der Waals surface area contributed by atoms with Crippen LogP contribution in [0.2, 0.25) is 0 Å². The van der Waals surface area contributed by atoms with Crippen LogP contribution in [0.5, 0.6) is 0 Å². The van der Waals surface area contributed by atoms with Gasteiger partial charge in [0.1, 0.15) is 5.82 Å². The molecule has 0 spiro atoms. The van der Waals surface area contributed by atoms with E-state index in [0.717, 1.165) is 36.0 Å². The standard InChI is InChI=1S/C16H22N4O/c1-10-7-14(16-18-13(4)19-21-16)15(17-8-10)20-6-5-11(2)12(3)9-20/h7-8,11-12H,5-6,9H2,1-4H3. The Morgan fingerprint density at radius 2 is 2.05 bits per heavy atom. The molecule has 0 radical (unpaired) electrons. The maximum absolute atomic E-state index is 5.36. The van der Waals surface area contributed by atoms with Gasteiger partial charge in [0, 0.05) is 19.3 Å². The molecule has 0 N–H and O–H groups in total. The molecule has 2 aromatic rings. The van der Waals surface area contributed by atoms with Gasteiger partial charge < -0.3 is 9.42 Å². The normalized spacial score (nSPS) is 22.6. The second-order valence-electron chi connectivity index (χ2n) is 6.22. The average molecular weight is 286 g/mol. The van der Waals surface area contributed by atoms with Gasteiger partial charge in [-0.15, -0.1) is 0 Å². The first-order valence-corrected chi connectivity index (χ1v) is 7.57. The Balaban J connectivity index is 1.99. The third-order valence-electron chi connectivity index (χ3n) is 4.40. The summed E-state index contributed by atoms with van der Waals surface area (Å²) >= 11 is 0. The van der Waals surface area contributed by atoms with Gasteiger partial charge in [-0.1, -0.05) is 19.0 Å². The molecule has 0 aliphatic carbocycles. The third kappa shape index (κ3) is 2.77. The van der Waals surface area contributed by atoms with Crippen molar-refractivity contribution < 1.29 is 4.52 Å². The van der Waals surface area contributed by atoms with Gasteiger partial charge in [-0.25, -0.2) is 4.98 Å². The highest BCUT2D eigenvalue weighted by Gasteiger charge is 2.26. The van der Waals surface area contributed by atoms with E-state index in [9.17, 15) is 0 Å². The van der Waals surface area contributed by atoms with Crippen molar-refractivity contribution in [2.24, 2.45) is 11.8 Å². The number of pyridine rings is 1. The van der Waals surface area contributed by atoms with Crippen molar-refractivity contribution in [1.82, 2.24) is 15.1 Å². The van der Waals surface area contributed by atoms with Crippen molar-refractivity contribution in [2.75, 3.05) is 18.0 Å². The van der Waals surface area contributed by atoms with Crippen LogP contribution in [-0.2, 0) is 0 Å². The minimum absolute atomic E-state index is 0.560. The molecule has 112 valence electrons. The van der Waals surface area contributed by atoms with Crippen LogP contribution in [-0.4, -0.2) is 28.2 Å². The van der Waals surface area contributed by atoms with Gasteiger partial charge >= 0.3 is 0 Å². The van der Waals surface area contributed by atoms with E-state index in [1.54, 1.807) is 0 Å². The van der Waals surface area contributed by atoms with Gasteiger partial charge in [0.05, 0.1) is 5.56 Å². The minimum Gasteiger partial charge on any atom is -0.356 e. The van der Waals surface area contributed by atoms with Gasteiger partial charge in [0.25, 0.3) is 5.89 Å². The Hall–Kier alpha value is -1.91. The summed E-state index contributed by atoms with van der Waals surface area (Å²) in [6, 6.07) is 2.08. The predicted octanol–water partition coefficient (Wildman–Crippen LogP) is 3.23. The SMILES string of the molecule is Cc1cnc(N2CCC(C)C(C)C2)c(-c2nc(C)no2)c1. The van der Waals surface area contributed by atoms with E-state index in [0.29, 0.717) is 17.6 Å². The molecule has 21 heavy (non-hydrogen) atoms. The molecular formula is C16H22N4O. The zero-order valence-corrected chi connectivity index (χ0v) is 13.1. The minimum atomic E-state index is 0.560. The van der Waals surface area contributed by atoms with Gasteiger partial charge in [0.15, 0.2) is 5.82 Å². The first kappa shape index (κ1) is 14.0. The van der Waals surface area contributed by atoms with Crippen LogP contribution >= 0.6 is 0 Å². The number of hydrogen-bond acceptors (Lipinski definition) is 5. The summed E-state index contributed by atoms with van der Waals surface area (Å²) in [6.45, 7) is 10.6. The van der Waals surface area contributed by atoms with Crippen molar-refractivity contribution in [3.8, 4) is 11.5 Å². The van der Waals surface area contributed by atoms with E-state index in [2.05, 4.69) is 39.9 Å². The Morgan fingerprint density at radius 1 is 1.24 bits per heavy atom. The fraction of sp³-hybridized carbons (Fsp3) is 0.562. The largest absolute Gasteiger partial charge is 0.356 e. The lowest BCUT2D eigenvalue weighted by atomic mass is 9.88. The van der Waals surface area contributed by atoms with Gasteiger partial charge in [-0.2, -0.15) is 4.98 Å². The van der Waals surface area contributed by atoms with Gasteiger partial charge in [0.2, 0.25) is 0 Å². The fourth-order valence-electron chi connectivity index (χ4n) is 2.83. The lowest BCUT2D eigenvalue weighted by Gasteiger charge is -2.36. The Kier molecular flexibility index (Phi) is 3.66. The lowest BCUT2D eigenvalue weighted by Crippen LogP contribution is -2.39. The number of rotatable bonds is 2. The second-order valence-corrected chi connectivity index (χ2v) is 6.22. The van der Waals surface area contributed by atoms with Crippen LogP contribution in [0.3, 0.4) is 0 Å². The third-order valence-corrected chi connectivity index (χ3v) is 4.40. The highest BCUT2D eigenvalue weighted by molar-refractivity contribution is 5.70. The smallest absolute Gasteiger partial charge is 0.261 e. The van der Waals surface area contributed by atoms with Crippen LogP contribution in [0.1, 0.15) is 31.7 Å². The van der Waals surface area contributed by atoms with E-state index < -0.39 is 0 Å². The molecule has 1 aliphatic heterocycles. The highest BCUT2D eigenvalue weighted by Crippen LogP contribution is 2.32. The number of aryl methyl sites for hydroxylation is 2. The number of anilines is 1. The topological polar surface area (TPSA) is 55.1 Å². The summed E-state index contributed by atoms with van der Waals surface area (Å²) < 4.78 is 5.36. The molecule has 0 amide bonds. The van der Waals surface area contributed by atoms with Crippen molar-refractivity contribution >= 4 is 5.82 Å². The zero-order valence-electron chi connectivity index (χ0n) is 13.1. The number of hydrogen-bond donors (Lipinski definition) is 0. The van der Waals surface area contributed by atoms with Gasteiger partial charge in [-0.3, -0.25) is 0 Å². The molecule has 0 bridgehead atoms. The number of aromatic nitrogens is 3. The lowest BCUT2D eigenvalue weighted by molar-refractivity contribution is 0.322. The van der Waals surface area contributed by atoms with Crippen LogP contribution in [0, 0.1) is 25.7 Å². The summed E-state index contributed by atoms with van der Waals surface area (Å²) in [4.78, 5) is 11.4.